The number of fused-ring (bicyclic) bond motifs is 4. The molecule has 0 radical (unpaired) electrons. The van der Waals surface area contributed by atoms with Crippen LogP contribution < -0.4 is 10.2 Å². The summed E-state index contributed by atoms with van der Waals surface area (Å²) in [4.78, 5) is 28.4. The molecule has 35 heavy (non-hydrogen) atoms. The third kappa shape index (κ3) is 4.32. The Labute approximate surface area is 208 Å². The summed E-state index contributed by atoms with van der Waals surface area (Å²) in [7, 11) is 7.57. The van der Waals surface area contributed by atoms with E-state index in [1.807, 2.05) is 49.7 Å². The standard InChI is InChI=1S/C25H31N7O2S/c1-15(13-34-5)31(4)25(33)16-6-7-18-21(10-16)35-24-22(18)23(26-14-27-24)29-19-11-17-8-9-28-32(17)12-20(19)30(2)3/h8-9,11-12,14-16H,6-7,10,13H2,1-5H3,(H,26,27,29)/t15?,16-/m0/s1. The third-order valence-corrected chi connectivity index (χ3v) is 8.02. The summed E-state index contributed by atoms with van der Waals surface area (Å²) in [5.74, 6) is 0.968. The van der Waals surface area contributed by atoms with Gasteiger partial charge in [-0.2, -0.15) is 5.10 Å². The van der Waals surface area contributed by atoms with Gasteiger partial charge in [-0.05, 0) is 43.9 Å². The van der Waals surface area contributed by atoms with E-state index < -0.39 is 0 Å². The van der Waals surface area contributed by atoms with E-state index in [1.165, 1.54) is 10.4 Å². The zero-order valence-electron chi connectivity index (χ0n) is 20.8. The van der Waals surface area contributed by atoms with Crippen molar-refractivity contribution in [3.05, 3.63) is 41.3 Å². The molecule has 1 N–H and O–H groups in total. The second-order valence-electron chi connectivity index (χ2n) is 9.39. The number of nitrogens with one attached hydrogen (secondary N) is 1. The number of ether oxygens (including phenoxy) is 1. The number of methoxy groups -OCH3 is 1. The highest BCUT2D eigenvalue weighted by Gasteiger charge is 2.32. The molecule has 0 aliphatic heterocycles. The largest absolute Gasteiger partial charge is 0.383 e. The number of amides is 1. The van der Waals surface area contributed by atoms with Crippen LogP contribution in [0.3, 0.4) is 0 Å². The molecule has 0 aromatic carbocycles. The maximum atomic E-state index is 13.2. The smallest absolute Gasteiger partial charge is 0.226 e. The number of hydrogen-bond donors (Lipinski definition) is 1. The summed E-state index contributed by atoms with van der Waals surface area (Å²) in [5.41, 5.74) is 4.24. The van der Waals surface area contributed by atoms with E-state index in [4.69, 9.17) is 4.74 Å². The second kappa shape index (κ2) is 9.43. The lowest BCUT2D eigenvalue weighted by molar-refractivity contribution is -0.137. The number of rotatable bonds is 7. The molecule has 10 heteroatoms. The molecule has 4 heterocycles. The van der Waals surface area contributed by atoms with Crippen molar-refractivity contribution in [1.29, 1.82) is 0 Å². The van der Waals surface area contributed by atoms with Gasteiger partial charge in [0.1, 0.15) is 17.0 Å². The monoisotopic (exact) mass is 493 g/mol. The molecule has 0 fully saturated rings. The Morgan fingerprint density at radius 1 is 1.34 bits per heavy atom. The Morgan fingerprint density at radius 2 is 2.17 bits per heavy atom. The van der Waals surface area contributed by atoms with Crippen molar-refractivity contribution in [2.75, 3.05) is 45.1 Å². The van der Waals surface area contributed by atoms with Crippen molar-refractivity contribution in [3.8, 4) is 0 Å². The van der Waals surface area contributed by atoms with Crippen LogP contribution in [0.2, 0.25) is 0 Å². The molecular formula is C25H31N7O2S. The molecule has 2 atom stereocenters. The fraction of sp³-hybridized carbons (Fsp3) is 0.440. The highest BCUT2D eigenvalue weighted by Crippen LogP contribution is 2.41. The number of aromatic nitrogens is 4. The Kier molecular flexibility index (Phi) is 6.33. The number of carbonyl (C=O) groups is 1. The minimum Gasteiger partial charge on any atom is -0.383 e. The van der Waals surface area contributed by atoms with Crippen LogP contribution in [0.5, 0.6) is 0 Å². The summed E-state index contributed by atoms with van der Waals surface area (Å²) < 4.78 is 7.11. The molecule has 9 nitrogen and oxygen atoms in total. The molecule has 4 aromatic rings. The van der Waals surface area contributed by atoms with E-state index in [0.717, 1.165) is 52.2 Å². The normalized spacial score (nSPS) is 16.3. The first-order chi connectivity index (χ1) is 16.9. The molecule has 0 bridgehead atoms. The predicted molar refractivity (Wildman–Crippen MR) is 140 cm³/mol. The molecule has 4 aromatic heterocycles. The van der Waals surface area contributed by atoms with E-state index in [9.17, 15) is 4.79 Å². The molecule has 5 rings (SSSR count). The van der Waals surface area contributed by atoms with Crippen molar-refractivity contribution in [2.24, 2.45) is 5.92 Å². The summed E-state index contributed by atoms with van der Waals surface area (Å²) >= 11 is 1.68. The number of pyridine rings is 1. The van der Waals surface area contributed by atoms with Crippen LogP contribution >= 0.6 is 11.3 Å². The third-order valence-electron chi connectivity index (χ3n) is 6.86. The van der Waals surface area contributed by atoms with Gasteiger partial charge in [0.25, 0.3) is 0 Å². The SMILES string of the molecule is COCC(C)N(C)C(=O)[C@H]1CCc2c(sc3ncnc(Nc4cc5ccnn5cc4N(C)C)c23)C1. The van der Waals surface area contributed by atoms with E-state index in [0.29, 0.717) is 6.61 Å². The summed E-state index contributed by atoms with van der Waals surface area (Å²) in [6, 6.07) is 4.12. The van der Waals surface area contributed by atoms with Crippen LogP contribution in [0.25, 0.3) is 15.7 Å². The Bertz CT molecular complexity index is 1380. The topological polar surface area (TPSA) is 87.9 Å². The maximum absolute atomic E-state index is 13.2. The van der Waals surface area contributed by atoms with Crippen LogP contribution in [0.1, 0.15) is 23.8 Å². The molecule has 1 aliphatic rings. The van der Waals surface area contributed by atoms with E-state index in [-0.39, 0.29) is 17.9 Å². The van der Waals surface area contributed by atoms with Gasteiger partial charge in [-0.3, -0.25) is 4.79 Å². The van der Waals surface area contributed by atoms with Crippen LogP contribution in [-0.4, -0.2) is 71.3 Å². The van der Waals surface area contributed by atoms with Crippen LogP contribution in [0, 0.1) is 5.92 Å². The Morgan fingerprint density at radius 3 is 2.94 bits per heavy atom. The molecular weight excluding hydrogens is 462 g/mol. The van der Waals surface area contributed by atoms with Crippen molar-refractivity contribution >= 4 is 50.2 Å². The van der Waals surface area contributed by atoms with E-state index in [2.05, 4.69) is 31.3 Å². The molecule has 0 spiro atoms. The van der Waals surface area contributed by atoms with Crippen LogP contribution in [0.15, 0.2) is 30.9 Å². The minimum atomic E-state index is -0.0196. The number of likely N-dealkylation sites (N-methyl/N-ethyl adjacent to an activating group) is 1. The van der Waals surface area contributed by atoms with Gasteiger partial charge in [0.2, 0.25) is 5.91 Å². The predicted octanol–water partition coefficient (Wildman–Crippen LogP) is 3.75. The fourth-order valence-corrected chi connectivity index (χ4v) is 6.08. The quantitative estimate of drug-likeness (QED) is 0.420. The maximum Gasteiger partial charge on any atom is 0.226 e. The first-order valence-corrected chi connectivity index (χ1v) is 12.6. The molecule has 0 saturated heterocycles. The van der Waals surface area contributed by atoms with Gasteiger partial charge in [-0.25, -0.2) is 14.5 Å². The zero-order chi connectivity index (χ0) is 24.7. The molecule has 1 amide bonds. The second-order valence-corrected chi connectivity index (χ2v) is 10.5. The lowest BCUT2D eigenvalue weighted by Crippen LogP contribution is -2.42. The molecule has 1 unspecified atom stereocenters. The van der Waals surface area contributed by atoms with Gasteiger partial charge in [0, 0.05) is 45.2 Å². The van der Waals surface area contributed by atoms with Gasteiger partial charge in [0.15, 0.2) is 0 Å². The highest BCUT2D eigenvalue weighted by molar-refractivity contribution is 7.19. The molecule has 184 valence electrons. The minimum absolute atomic E-state index is 0.0196. The lowest BCUT2D eigenvalue weighted by Gasteiger charge is -2.30. The van der Waals surface area contributed by atoms with Crippen molar-refractivity contribution in [1.82, 2.24) is 24.5 Å². The van der Waals surface area contributed by atoms with Gasteiger partial charge in [0.05, 0.1) is 41.1 Å². The van der Waals surface area contributed by atoms with E-state index >= 15 is 0 Å². The average molecular weight is 494 g/mol. The average Bonchev–Trinajstić information content (AvgIpc) is 3.46. The van der Waals surface area contributed by atoms with Crippen LogP contribution in [0.4, 0.5) is 17.2 Å². The number of aryl methyl sites for hydroxylation is 1. The zero-order valence-corrected chi connectivity index (χ0v) is 21.6. The summed E-state index contributed by atoms with van der Waals surface area (Å²) in [6.45, 7) is 2.56. The van der Waals surface area contributed by atoms with Gasteiger partial charge in [-0.15, -0.1) is 11.3 Å². The number of thiophene rings is 1. The lowest BCUT2D eigenvalue weighted by atomic mass is 9.86. The van der Waals surface area contributed by atoms with Gasteiger partial charge in [-0.1, -0.05) is 0 Å². The fourth-order valence-electron chi connectivity index (χ4n) is 4.81. The van der Waals surface area contributed by atoms with Gasteiger partial charge >= 0.3 is 0 Å². The van der Waals surface area contributed by atoms with E-state index in [1.54, 1.807) is 31.0 Å². The van der Waals surface area contributed by atoms with Crippen LogP contribution in [-0.2, 0) is 22.4 Å². The number of carbonyl (C=O) groups excluding carboxylic acids is 1. The van der Waals surface area contributed by atoms with Gasteiger partial charge < -0.3 is 19.9 Å². The van der Waals surface area contributed by atoms with Crippen molar-refractivity contribution in [2.45, 2.75) is 32.2 Å². The number of hydrogen-bond acceptors (Lipinski definition) is 8. The summed E-state index contributed by atoms with van der Waals surface area (Å²) in [5, 5.41) is 9.01. The first kappa shape index (κ1) is 23.5. The molecule has 1 aliphatic carbocycles. The number of nitrogens with zero attached hydrogens (tertiary/aromatic N) is 6. The summed E-state index contributed by atoms with van der Waals surface area (Å²) in [6.07, 6.45) is 7.81. The van der Waals surface area contributed by atoms with Crippen molar-refractivity contribution < 1.29 is 9.53 Å². The first-order valence-electron chi connectivity index (χ1n) is 11.8. The number of anilines is 3. The Hall–Kier alpha value is -3.24. The Balaban J connectivity index is 1.47. The molecule has 0 saturated carbocycles. The van der Waals surface area contributed by atoms with Crippen molar-refractivity contribution in [3.63, 3.8) is 0 Å². The highest BCUT2D eigenvalue weighted by atomic mass is 32.1.